The minimum absolute atomic E-state index is 0.0952. The van der Waals surface area contributed by atoms with Crippen molar-refractivity contribution >= 4 is 17.9 Å². The molecule has 0 aliphatic rings. The third kappa shape index (κ3) is 64.5. The average Bonchev–Trinajstić information content (AvgIpc) is 3.45. The molecular formula is C73H122O6. The molecule has 0 saturated carbocycles. The molecule has 0 aromatic rings. The van der Waals surface area contributed by atoms with Gasteiger partial charge in [-0.1, -0.05) is 277 Å². The monoisotopic (exact) mass is 1090 g/mol. The van der Waals surface area contributed by atoms with Gasteiger partial charge in [0.05, 0.1) is 0 Å². The molecule has 0 bridgehead atoms. The molecule has 79 heavy (non-hydrogen) atoms. The third-order valence-corrected chi connectivity index (χ3v) is 13.9. The van der Waals surface area contributed by atoms with Crippen LogP contribution >= 0.6 is 0 Å². The molecule has 0 radical (unpaired) electrons. The minimum Gasteiger partial charge on any atom is -0.462 e. The van der Waals surface area contributed by atoms with Crippen LogP contribution in [-0.4, -0.2) is 37.2 Å². The van der Waals surface area contributed by atoms with Gasteiger partial charge in [0.25, 0.3) is 0 Å². The lowest BCUT2D eigenvalue weighted by Crippen LogP contribution is -2.30. The van der Waals surface area contributed by atoms with Crippen LogP contribution < -0.4 is 0 Å². The molecule has 0 aliphatic heterocycles. The second-order valence-electron chi connectivity index (χ2n) is 21.6. The Morgan fingerprint density at radius 3 is 0.823 bits per heavy atom. The summed E-state index contributed by atoms with van der Waals surface area (Å²) in [5.74, 6) is -0.930. The summed E-state index contributed by atoms with van der Waals surface area (Å²) in [7, 11) is 0. The second kappa shape index (κ2) is 66.3. The van der Waals surface area contributed by atoms with E-state index in [9.17, 15) is 14.4 Å². The molecule has 450 valence electrons. The highest BCUT2D eigenvalue weighted by Crippen LogP contribution is 2.16. The summed E-state index contributed by atoms with van der Waals surface area (Å²) in [4.78, 5) is 38.3. The molecule has 1 unspecified atom stereocenters. The first-order valence-corrected chi connectivity index (χ1v) is 33.0. The molecule has 1 atom stereocenters. The Kier molecular flexibility index (Phi) is 62.8. The van der Waals surface area contributed by atoms with E-state index in [1.54, 1.807) is 0 Å². The zero-order valence-corrected chi connectivity index (χ0v) is 51.6. The van der Waals surface area contributed by atoms with Crippen molar-refractivity contribution in [3.05, 3.63) is 122 Å². The minimum atomic E-state index is -0.803. The Hall–Kier alpha value is -4.19. The Morgan fingerprint density at radius 2 is 0.519 bits per heavy atom. The van der Waals surface area contributed by atoms with E-state index in [4.69, 9.17) is 14.2 Å². The number of carbonyl (C=O) groups excluding carboxylic acids is 3. The van der Waals surface area contributed by atoms with Gasteiger partial charge in [-0.15, -0.1) is 0 Å². The van der Waals surface area contributed by atoms with E-state index < -0.39 is 6.10 Å². The van der Waals surface area contributed by atoms with Crippen LogP contribution in [0.4, 0.5) is 0 Å². The van der Waals surface area contributed by atoms with Gasteiger partial charge in [-0.25, -0.2) is 0 Å². The van der Waals surface area contributed by atoms with Crippen LogP contribution in [0.5, 0.6) is 0 Å². The maximum Gasteiger partial charge on any atom is 0.306 e. The highest BCUT2D eigenvalue weighted by Gasteiger charge is 2.19. The fourth-order valence-corrected chi connectivity index (χ4v) is 8.99. The van der Waals surface area contributed by atoms with Crippen molar-refractivity contribution in [1.82, 2.24) is 0 Å². The molecular weight excluding hydrogens is 973 g/mol. The molecule has 0 saturated heterocycles. The first-order chi connectivity index (χ1) is 39.0. The van der Waals surface area contributed by atoms with Crippen molar-refractivity contribution in [3.63, 3.8) is 0 Å². The van der Waals surface area contributed by atoms with Gasteiger partial charge >= 0.3 is 17.9 Å². The van der Waals surface area contributed by atoms with Crippen molar-refractivity contribution in [1.29, 1.82) is 0 Å². The average molecular weight is 1100 g/mol. The maximum atomic E-state index is 12.9. The van der Waals surface area contributed by atoms with Gasteiger partial charge in [-0.05, 0) is 128 Å². The molecule has 0 aromatic heterocycles. The van der Waals surface area contributed by atoms with E-state index >= 15 is 0 Å². The number of ether oxygens (including phenoxy) is 3. The maximum absolute atomic E-state index is 12.9. The molecule has 0 fully saturated rings. The number of hydrogen-bond acceptors (Lipinski definition) is 6. The van der Waals surface area contributed by atoms with Gasteiger partial charge in [0.15, 0.2) is 6.10 Å². The SMILES string of the molecule is CC/C=C\C/C=C\C/C=C\C/C=C\C/C=C\C/C=C\CCCCCCC(=O)OC(COC(=O)CCCCCCC/C=C\C/C=C\CCC)COC(=O)CCCCCCCCCCCCCCC/C=C\C/C=C\CCCCCCC. The number of unbranched alkanes of at least 4 members (excludes halogenated alkanes) is 28. The van der Waals surface area contributed by atoms with Gasteiger partial charge in [-0.2, -0.15) is 0 Å². The molecule has 0 heterocycles. The van der Waals surface area contributed by atoms with Crippen LogP contribution in [0.15, 0.2) is 122 Å². The number of hydrogen-bond donors (Lipinski definition) is 0. The molecule has 6 nitrogen and oxygen atoms in total. The third-order valence-electron chi connectivity index (χ3n) is 13.9. The lowest BCUT2D eigenvalue weighted by atomic mass is 10.0. The second-order valence-corrected chi connectivity index (χ2v) is 21.6. The zero-order valence-electron chi connectivity index (χ0n) is 51.6. The topological polar surface area (TPSA) is 78.9 Å². The Balaban J connectivity index is 4.38. The quantitative estimate of drug-likeness (QED) is 0.0261. The van der Waals surface area contributed by atoms with Crippen molar-refractivity contribution in [2.45, 2.75) is 309 Å². The van der Waals surface area contributed by atoms with Gasteiger partial charge in [0.2, 0.25) is 0 Å². The van der Waals surface area contributed by atoms with Gasteiger partial charge < -0.3 is 14.2 Å². The Bertz CT molecular complexity index is 1640. The smallest absolute Gasteiger partial charge is 0.306 e. The Labute approximate surface area is 488 Å². The van der Waals surface area contributed by atoms with E-state index in [-0.39, 0.29) is 31.1 Å². The van der Waals surface area contributed by atoms with Crippen molar-refractivity contribution in [2.75, 3.05) is 13.2 Å². The van der Waals surface area contributed by atoms with Crippen molar-refractivity contribution < 1.29 is 28.6 Å². The fourth-order valence-electron chi connectivity index (χ4n) is 8.99. The van der Waals surface area contributed by atoms with Crippen LogP contribution in [0.3, 0.4) is 0 Å². The normalized spacial score (nSPS) is 12.9. The summed E-state index contributed by atoms with van der Waals surface area (Å²) >= 11 is 0. The lowest BCUT2D eigenvalue weighted by molar-refractivity contribution is -0.167. The van der Waals surface area contributed by atoms with Gasteiger partial charge in [0, 0.05) is 19.3 Å². The fraction of sp³-hybridized carbons (Fsp3) is 0.685. The van der Waals surface area contributed by atoms with E-state index in [0.717, 1.165) is 148 Å². The summed E-state index contributed by atoms with van der Waals surface area (Å²) in [5.41, 5.74) is 0. The molecule has 6 heteroatoms. The van der Waals surface area contributed by atoms with E-state index in [2.05, 4.69) is 142 Å². The standard InChI is InChI=1S/C73H122O6/c1-4-7-10-13-16-19-22-25-27-29-31-33-35-36-38-39-41-43-45-48-51-54-57-60-63-66-72(75)78-69-70(68-77-71(74)65-62-59-56-53-50-47-24-21-18-15-12-9-6-3)79-73(76)67-64-61-58-55-52-49-46-44-42-40-37-34-32-30-28-26-23-20-17-14-11-8-5-2/h8,11-12,15,17,20-22,24-26,28-29,31-32,34,40,42,46,49,70H,4-7,9-10,13-14,16,18-19,23,27,30,33,35-39,41,43-45,47-48,50-69H2,1-3H3/b11-8-,15-12-,20-17-,24-21-,25-22-,28-26-,31-29-,34-32-,42-40-,49-46-. The van der Waals surface area contributed by atoms with Crippen LogP contribution in [0, 0.1) is 0 Å². The predicted molar refractivity (Wildman–Crippen MR) is 343 cm³/mol. The molecule has 0 spiro atoms. The predicted octanol–water partition coefficient (Wildman–Crippen LogP) is 22.8. The molecule has 0 aliphatic carbocycles. The first kappa shape index (κ1) is 74.8. The highest BCUT2D eigenvalue weighted by molar-refractivity contribution is 5.71. The summed E-state index contributed by atoms with van der Waals surface area (Å²) in [6.07, 6.45) is 92.1. The van der Waals surface area contributed by atoms with Gasteiger partial charge in [0.1, 0.15) is 13.2 Å². The summed E-state index contributed by atoms with van der Waals surface area (Å²) < 4.78 is 16.9. The van der Waals surface area contributed by atoms with E-state index in [1.165, 1.54) is 116 Å². The number of rotatable bonds is 59. The van der Waals surface area contributed by atoms with Gasteiger partial charge in [-0.3, -0.25) is 14.4 Å². The molecule has 0 aromatic carbocycles. The first-order valence-electron chi connectivity index (χ1n) is 33.0. The van der Waals surface area contributed by atoms with Crippen LogP contribution in [0.25, 0.3) is 0 Å². The zero-order chi connectivity index (χ0) is 57.1. The van der Waals surface area contributed by atoms with Crippen LogP contribution in [-0.2, 0) is 28.6 Å². The molecule has 0 amide bonds. The van der Waals surface area contributed by atoms with E-state index in [1.807, 2.05) is 0 Å². The summed E-state index contributed by atoms with van der Waals surface area (Å²) in [6.45, 7) is 6.44. The highest BCUT2D eigenvalue weighted by atomic mass is 16.6. The van der Waals surface area contributed by atoms with E-state index in [0.29, 0.717) is 19.3 Å². The lowest BCUT2D eigenvalue weighted by Gasteiger charge is -2.18. The van der Waals surface area contributed by atoms with Crippen molar-refractivity contribution in [2.24, 2.45) is 0 Å². The van der Waals surface area contributed by atoms with Crippen LogP contribution in [0.2, 0.25) is 0 Å². The number of carbonyl (C=O) groups is 3. The number of esters is 3. The summed E-state index contributed by atoms with van der Waals surface area (Å²) in [5, 5.41) is 0. The van der Waals surface area contributed by atoms with Crippen molar-refractivity contribution in [3.8, 4) is 0 Å². The largest absolute Gasteiger partial charge is 0.462 e. The number of allylic oxidation sites excluding steroid dienone is 20. The Morgan fingerprint density at radius 1 is 0.266 bits per heavy atom. The van der Waals surface area contributed by atoms with Crippen LogP contribution in [0.1, 0.15) is 303 Å². The summed E-state index contributed by atoms with van der Waals surface area (Å²) in [6, 6.07) is 0. The molecule has 0 rings (SSSR count). The molecule has 0 N–H and O–H groups in total.